The van der Waals surface area contributed by atoms with Crippen molar-refractivity contribution in [2.75, 3.05) is 39.3 Å². The van der Waals surface area contributed by atoms with E-state index in [4.69, 9.17) is 10.8 Å². The molecule has 0 aromatic heterocycles. The number of likely N-dealkylation sites (tertiary alicyclic amines) is 1. The molecule has 4 nitrogen and oxygen atoms in total. The molecule has 2 atom stereocenters. The minimum absolute atomic E-state index is 0.0698. The van der Waals surface area contributed by atoms with Crippen molar-refractivity contribution in [2.45, 2.75) is 45.2 Å². The average Bonchev–Trinajstić information content (AvgIpc) is 2.77. The Morgan fingerprint density at radius 2 is 2.06 bits per heavy atom. The Kier molecular flexibility index (Phi) is 5.86. The van der Waals surface area contributed by atoms with Crippen LogP contribution in [0.2, 0.25) is 0 Å². The van der Waals surface area contributed by atoms with Gasteiger partial charge in [-0.15, -0.1) is 0 Å². The van der Waals surface area contributed by atoms with Crippen LogP contribution < -0.4 is 5.73 Å². The van der Waals surface area contributed by atoms with E-state index in [0.717, 1.165) is 32.6 Å². The molecule has 0 bridgehead atoms. The van der Waals surface area contributed by atoms with Crippen molar-refractivity contribution in [3.05, 3.63) is 0 Å². The summed E-state index contributed by atoms with van der Waals surface area (Å²) in [7, 11) is 0. The minimum atomic E-state index is -0.423. The Morgan fingerprint density at radius 3 is 2.59 bits per heavy atom. The van der Waals surface area contributed by atoms with E-state index in [0.29, 0.717) is 6.04 Å². The third-order valence-electron chi connectivity index (χ3n) is 3.94. The van der Waals surface area contributed by atoms with Crippen molar-refractivity contribution < 1.29 is 5.11 Å². The Hall–Kier alpha value is -0.160. The van der Waals surface area contributed by atoms with Gasteiger partial charge in [-0.2, -0.15) is 0 Å². The maximum absolute atomic E-state index is 9.13. The average molecular weight is 243 g/mol. The summed E-state index contributed by atoms with van der Waals surface area (Å²) < 4.78 is 0. The molecule has 1 aliphatic rings. The van der Waals surface area contributed by atoms with E-state index in [9.17, 15) is 0 Å². The van der Waals surface area contributed by atoms with E-state index in [-0.39, 0.29) is 6.61 Å². The predicted molar refractivity (Wildman–Crippen MR) is 72.1 cm³/mol. The number of aliphatic hydroxyl groups is 1. The summed E-state index contributed by atoms with van der Waals surface area (Å²) in [5, 5.41) is 9.13. The highest BCUT2D eigenvalue weighted by atomic mass is 16.3. The molecule has 0 saturated carbocycles. The Bertz CT molecular complexity index is 217. The molecule has 1 aliphatic heterocycles. The number of hydrogen-bond donors (Lipinski definition) is 2. The van der Waals surface area contributed by atoms with Crippen molar-refractivity contribution >= 4 is 0 Å². The van der Waals surface area contributed by atoms with Gasteiger partial charge in [0.05, 0.1) is 6.61 Å². The fraction of sp³-hybridized carbons (Fsp3) is 1.00. The highest BCUT2D eigenvalue weighted by molar-refractivity contribution is 4.85. The fourth-order valence-corrected chi connectivity index (χ4v) is 2.55. The highest BCUT2D eigenvalue weighted by Gasteiger charge is 2.27. The molecular formula is C13H29N3O. The van der Waals surface area contributed by atoms with Gasteiger partial charge in [-0.1, -0.05) is 13.8 Å². The second-order valence-corrected chi connectivity index (χ2v) is 5.53. The number of aliphatic hydroxyl groups excluding tert-OH is 1. The molecule has 0 aromatic rings. The first kappa shape index (κ1) is 14.9. The molecule has 4 heteroatoms. The van der Waals surface area contributed by atoms with Gasteiger partial charge in [0.25, 0.3) is 0 Å². The van der Waals surface area contributed by atoms with E-state index in [1.54, 1.807) is 0 Å². The van der Waals surface area contributed by atoms with Crippen LogP contribution >= 0.6 is 0 Å². The zero-order valence-corrected chi connectivity index (χ0v) is 11.7. The summed E-state index contributed by atoms with van der Waals surface area (Å²) in [6.07, 6.45) is 2.14. The Morgan fingerprint density at radius 1 is 1.41 bits per heavy atom. The van der Waals surface area contributed by atoms with Crippen LogP contribution in [0.15, 0.2) is 0 Å². The summed E-state index contributed by atoms with van der Waals surface area (Å²) in [5.74, 6) is 0. The lowest BCUT2D eigenvalue weighted by Gasteiger charge is -2.28. The summed E-state index contributed by atoms with van der Waals surface area (Å²) in [6, 6.07) is 0.711. The van der Waals surface area contributed by atoms with Crippen LogP contribution in [0.25, 0.3) is 0 Å². The standard InChI is InChI=1S/C13H29N3O/c1-4-16(5-2)12-6-8-15(10-12)9-7-13(3,14)11-17/h12,17H,4-11,14H2,1-3H3. The largest absolute Gasteiger partial charge is 0.394 e. The maximum Gasteiger partial charge on any atom is 0.0608 e. The molecule has 0 aromatic carbocycles. The third kappa shape index (κ3) is 4.54. The first-order chi connectivity index (χ1) is 8.02. The van der Waals surface area contributed by atoms with Crippen LogP contribution in [0.4, 0.5) is 0 Å². The van der Waals surface area contributed by atoms with Crippen molar-refractivity contribution in [3.8, 4) is 0 Å². The number of nitrogens with zero attached hydrogens (tertiary/aromatic N) is 2. The van der Waals surface area contributed by atoms with Gasteiger partial charge in [-0.05, 0) is 39.4 Å². The summed E-state index contributed by atoms with van der Waals surface area (Å²) in [4.78, 5) is 5.01. The Labute approximate surface area is 106 Å². The molecular weight excluding hydrogens is 214 g/mol. The van der Waals surface area contributed by atoms with Crippen LogP contribution in [0.5, 0.6) is 0 Å². The first-order valence-electron chi connectivity index (χ1n) is 6.88. The van der Waals surface area contributed by atoms with Crippen molar-refractivity contribution in [1.29, 1.82) is 0 Å². The molecule has 0 spiro atoms. The van der Waals surface area contributed by atoms with E-state index in [1.807, 2.05) is 6.92 Å². The van der Waals surface area contributed by atoms with Crippen LogP contribution in [0.1, 0.15) is 33.6 Å². The fourth-order valence-electron chi connectivity index (χ4n) is 2.55. The van der Waals surface area contributed by atoms with Crippen LogP contribution in [0.3, 0.4) is 0 Å². The second kappa shape index (κ2) is 6.69. The van der Waals surface area contributed by atoms with Crippen LogP contribution in [0, 0.1) is 0 Å². The normalized spacial score (nSPS) is 25.4. The molecule has 0 amide bonds. The summed E-state index contributed by atoms with van der Waals surface area (Å²) >= 11 is 0. The Balaban J connectivity index is 2.31. The first-order valence-corrected chi connectivity index (χ1v) is 6.88. The topological polar surface area (TPSA) is 52.7 Å². The van der Waals surface area contributed by atoms with Crippen molar-refractivity contribution in [3.63, 3.8) is 0 Å². The SMILES string of the molecule is CCN(CC)C1CCN(CCC(C)(N)CO)C1. The van der Waals surface area contributed by atoms with Gasteiger partial charge >= 0.3 is 0 Å². The zero-order chi connectivity index (χ0) is 12.9. The smallest absolute Gasteiger partial charge is 0.0608 e. The maximum atomic E-state index is 9.13. The van der Waals surface area contributed by atoms with E-state index in [1.165, 1.54) is 13.0 Å². The van der Waals surface area contributed by atoms with Gasteiger partial charge in [0.15, 0.2) is 0 Å². The van der Waals surface area contributed by atoms with E-state index in [2.05, 4.69) is 23.6 Å². The summed E-state index contributed by atoms with van der Waals surface area (Å²) in [5.41, 5.74) is 5.53. The van der Waals surface area contributed by atoms with Crippen LogP contribution in [-0.2, 0) is 0 Å². The monoisotopic (exact) mass is 243 g/mol. The number of nitrogens with two attached hydrogens (primary N) is 1. The molecule has 1 saturated heterocycles. The second-order valence-electron chi connectivity index (χ2n) is 5.53. The van der Waals surface area contributed by atoms with Gasteiger partial charge in [-0.3, -0.25) is 4.90 Å². The number of rotatable bonds is 7. The zero-order valence-electron chi connectivity index (χ0n) is 11.7. The third-order valence-corrected chi connectivity index (χ3v) is 3.94. The molecule has 1 fully saturated rings. The van der Waals surface area contributed by atoms with Gasteiger partial charge in [-0.25, -0.2) is 0 Å². The molecule has 0 aliphatic carbocycles. The molecule has 0 radical (unpaired) electrons. The number of hydrogen-bond acceptors (Lipinski definition) is 4. The highest BCUT2D eigenvalue weighted by Crippen LogP contribution is 2.17. The van der Waals surface area contributed by atoms with E-state index >= 15 is 0 Å². The molecule has 1 heterocycles. The van der Waals surface area contributed by atoms with Crippen LogP contribution in [-0.4, -0.2) is 65.8 Å². The lowest BCUT2D eigenvalue weighted by atomic mass is 10.0. The molecule has 1 rings (SSSR count). The summed E-state index contributed by atoms with van der Waals surface area (Å²) in [6.45, 7) is 12.1. The lowest BCUT2D eigenvalue weighted by Crippen LogP contribution is -2.44. The number of likely N-dealkylation sites (N-methyl/N-ethyl adjacent to an activating group) is 1. The van der Waals surface area contributed by atoms with Gasteiger partial charge in [0.2, 0.25) is 0 Å². The van der Waals surface area contributed by atoms with Gasteiger partial charge in [0, 0.05) is 24.7 Å². The molecule has 2 unspecified atom stereocenters. The van der Waals surface area contributed by atoms with Gasteiger partial charge in [0.1, 0.15) is 0 Å². The van der Waals surface area contributed by atoms with Gasteiger partial charge < -0.3 is 15.7 Å². The van der Waals surface area contributed by atoms with E-state index < -0.39 is 5.54 Å². The quantitative estimate of drug-likeness (QED) is 0.684. The lowest BCUT2D eigenvalue weighted by molar-refractivity contribution is 0.174. The van der Waals surface area contributed by atoms with Crippen molar-refractivity contribution in [1.82, 2.24) is 9.80 Å². The molecule has 3 N–H and O–H groups in total. The van der Waals surface area contributed by atoms with Crippen molar-refractivity contribution in [2.24, 2.45) is 5.73 Å². The molecule has 102 valence electrons. The minimum Gasteiger partial charge on any atom is -0.394 e. The predicted octanol–water partition coefficient (Wildman–Crippen LogP) is 0.502. The molecule has 17 heavy (non-hydrogen) atoms.